The number of fused-ring (bicyclic) bond motifs is 1. The SMILES string of the molecule is CO[C@@H]1CC[C@H]2OCCN(S(=O)(=O)c3ccccc3F)[C@@H]2C1. The molecular formula is C15H20FNO4S. The van der Waals surface area contributed by atoms with E-state index >= 15 is 0 Å². The Morgan fingerprint density at radius 1 is 1.32 bits per heavy atom. The average molecular weight is 329 g/mol. The lowest BCUT2D eigenvalue weighted by atomic mass is 9.89. The van der Waals surface area contributed by atoms with Crippen LogP contribution in [-0.2, 0) is 19.5 Å². The summed E-state index contributed by atoms with van der Waals surface area (Å²) < 4.78 is 52.1. The summed E-state index contributed by atoms with van der Waals surface area (Å²) in [5.41, 5.74) is 0. The van der Waals surface area contributed by atoms with E-state index in [1.165, 1.54) is 28.6 Å². The summed E-state index contributed by atoms with van der Waals surface area (Å²) in [6.07, 6.45) is 2.06. The summed E-state index contributed by atoms with van der Waals surface area (Å²) in [5.74, 6) is -0.718. The van der Waals surface area contributed by atoms with Crippen LogP contribution in [0.25, 0.3) is 0 Å². The smallest absolute Gasteiger partial charge is 0.246 e. The van der Waals surface area contributed by atoms with Gasteiger partial charge in [-0.05, 0) is 31.4 Å². The van der Waals surface area contributed by atoms with Gasteiger partial charge >= 0.3 is 0 Å². The molecule has 0 N–H and O–H groups in total. The lowest BCUT2D eigenvalue weighted by Crippen LogP contribution is -2.56. The Hall–Kier alpha value is -1.02. The topological polar surface area (TPSA) is 55.8 Å². The van der Waals surface area contributed by atoms with Crippen molar-refractivity contribution in [1.29, 1.82) is 0 Å². The van der Waals surface area contributed by atoms with Gasteiger partial charge < -0.3 is 9.47 Å². The highest BCUT2D eigenvalue weighted by molar-refractivity contribution is 7.89. The number of hydrogen-bond acceptors (Lipinski definition) is 4. The third-order valence-corrected chi connectivity index (χ3v) is 6.43. The zero-order valence-corrected chi connectivity index (χ0v) is 13.3. The Kier molecular flexibility index (Phi) is 4.49. The molecule has 7 heteroatoms. The van der Waals surface area contributed by atoms with Crippen molar-refractivity contribution in [3.63, 3.8) is 0 Å². The molecule has 0 amide bonds. The van der Waals surface area contributed by atoms with E-state index in [4.69, 9.17) is 9.47 Å². The second kappa shape index (κ2) is 6.23. The number of methoxy groups -OCH3 is 1. The molecule has 5 nitrogen and oxygen atoms in total. The predicted octanol–water partition coefficient (Wildman–Crippen LogP) is 1.78. The summed E-state index contributed by atoms with van der Waals surface area (Å²) >= 11 is 0. The van der Waals surface area contributed by atoms with Gasteiger partial charge in [-0.2, -0.15) is 4.31 Å². The highest BCUT2D eigenvalue weighted by atomic mass is 32.2. The molecular weight excluding hydrogens is 309 g/mol. The maximum atomic E-state index is 13.9. The quantitative estimate of drug-likeness (QED) is 0.848. The van der Waals surface area contributed by atoms with Crippen LogP contribution in [0, 0.1) is 5.82 Å². The monoisotopic (exact) mass is 329 g/mol. The Morgan fingerprint density at radius 3 is 2.82 bits per heavy atom. The second-order valence-electron chi connectivity index (χ2n) is 5.69. The standard InChI is InChI=1S/C15H20FNO4S/c1-20-11-6-7-14-13(10-11)17(8-9-21-14)22(18,19)15-5-3-2-4-12(15)16/h2-5,11,13-14H,6-10H2,1H3/t11-,13-,14-/m1/s1. The Bertz CT molecular complexity index is 636. The third-order valence-electron chi connectivity index (χ3n) is 4.48. The van der Waals surface area contributed by atoms with Crippen LogP contribution in [0.1, 0.15) is 19.3 Å². The molecule has 1 heterocycles. The van der Waals surface area contributed by atoms with Crippen molar-refractivity contribution in [2.45, 2.75) is 42.4 Å². The number of halogens is 1. The molecule has 3 rings (SSSR count). The molecule has 0 bridgehead atoms. The Balaban J connectivity index is 1.93. The Morgan fingerprint density at radius 2 is 2.09 bits per heavy atom. The molecule has 1 aromatic rings. The molecule has 1 aliphatic heterocycles. The summed E-state index contributed by atoms with van der Waals surface area (Å²) in [7, 11) is -2.24. The summed E-state index contributed by atoms with van der Waals surface area (Å²) in [5, 5.41) is 0. The zero-order valence-electron chi connectivity index (χ0n) is 12.4. The lowest BCUT2D eigenvalue weighted by Gasteiger charge is -2.44. The van der Waals surface area contributed by atoms with E-state index in [1.807, 2.05) is 0 Å². The molecule has 3 atom stereocenters. The number of hydrogen-bond donors (Lipinski definition) is 0. The van der Waals surface area contributed by atoms with Gasteiger partial charge in [0.15, 0.2) is 0 Å². The van der Waals surface area contributed by atoms with E-state index in [-0.39, 0.29) is 29.7 Å². The van der Waals surface area contributed by atoms with Crippen LogP contribution in [-0.4, -0.2) is 51.2 Å². The van der Waals surface area contributed by atoms with Crippen LogP contribution >= 0.6 is 0 Å². The number of sulfonamides is 1. The fourth-order valence-electron chi connectivity index (χ4n) is 3.33. The molecule has 0 spiro atoms. The van der Waals surface area contributed by atoms with Crippen molar-refractivity contribution in [3.05, 3.63) is 30.1 Å². The second-order valence-corrected chi connectivity index (χ2v) is 7.55. The van der Waals surface area contributed by atoms with Gasteiger partial charge in [-0.25, -0.2) is 12.8 Å². The van der Waals surface area contributed by atoms with Crippen molar-refractivity contribution in [1.82, 2.24) is 4.31 Å². The van der Waals surface area contributed by atoms with Gasteiger partial charge in [-0.15, -0.1) is 0 Å². The van der Waals surface area contributed by atoms with Gasteiger partial charge in [0, 0.05) is 13.7 Å². The molecule has 1 saturated carbocycles. The maximum Gasteiger partial charge on any atom is 0.246 e. The van der Waals surface area contributed by atoms with Crippen LogP contribution < -0.4 is 0 Å². The summed E-state index contributed by atoms with van der Waals surface area (Å²) in [6.45, 7) is 0.584. The van der Waals surface area contributed by atoms with Gasteiger partial charge in [-0.1, -0.05) is 12.1 Å². The van der Waals surface area contributed by atoms with E-state index in [1.54, 1.807) is 7.11 Å². The van der Waals surface area contributed by atoms with Crippen molar-refractivity contribution >= 4 is 10.0 Å². The van der Waals surface area contributed by atoms with E-state index in [0.717, 1.165) is 12.8 Å². The maximum absolute atomic E-state index is 13.9. The minimum atomic E-state index is -3.87. The average Bonchev–Trinajstić information content (AvgIpc) is 2.54. The fourth-order valence-corrected chi connectivity index (χ4v) is 5.04. The van der Waals surface area contributed by atoms with Gasteiger partial charge in [0.2, 0.25) is 10.0 Å². The highest BCUT2D eigenvalue weighted by Crippen LogP contribution is 2.33. The molecule has 1 saturated heterocycles. The van der Waals surface area contributed by atoms with E-state index in [0.29, 0.717) is 13.0 Å². The van der Waals surface area contributed by atoms with Gasteiger partial charge in [0.1, 0.15) is 10.7 Å². The zero-order chi connectivity index (χ0) is 15.7. The van der Waals surface area contributed by atoms with Gasteiger partial charge in [0.05, 0.1) is 24.9 Å². The molecule has 0 aromatic heterocycles. The largest absolute Gasteiger partial charge is 0.381 e. The highest BCUT2D eigenvalue weighted by Gasteiger charge is 2.43. The summed E-state index contributed by atoms with van der Waals surface area (Å²) in [6, 6.07) is 5.21. The molecule has 22 heavy (non-hydrogen) atoms. The number of morpholine rings is 1. The Labute approximate surface area is 130 Å². The van der Waals surface area contributed by atoms with E-state index in [2.05, 4.69) is 0 Å². The number of nitrogens with zero attached hydrogens (tertiary/aromatic N) is 1. The predicted molar refractivity (Wildman–Crippen MR) is 78.5 cm³/mol. The lowest BCUT2D eigenvalue weighted by molar-refractivity contribution is -0.0883. The first kappa shape index (κ1) is 15.9. The summed E-state index contributed by atoms with van der Waals surface area (Å²) in [4.78, 5) is -0.268. The van der Waals surface area contributed by atoms with Crippen molar-refractivity contribution in [2.75, 3.05) is 20.3 Å². The van der Waals surface area contributed by atoms with E-state index < -0.39 is 15.8 Å². The first-order valence-corrected chi connectivity index (χ1v) is 8.89. The molecule has 122 valence electrons. The minimum absolute atomic E-state index is 0.0151. The number of rotatable bonds is 3. The van der Waals surface area contributed by atoms with Gasteiger partial charge in [-0.3, -0.25) is 0 Å². The number of ether oxygens (including phenoxy) is 2. The molecule has 1 aromatic carbocycles. The first-order chi connectivity index (χ1) is 10.5. The minimum Gasteiger partial charge on any atom is -0.381 e. The number of benzene rings is 1. The molecule has 2 fully saturated rings. The molecule has 1 aliphatic carbocycles. The van der Waals surface area contributed by atoms with Gasteiger partial charge in [0.25, 0.3) is 0 Å². The van der Waals surface area contributed by atoms with Crippen molar-refractivity contribution in [3.8, 4) is 0 Å². The van der Waals surface area contributed by atoms with Crippen molar-refractivity contribution in [2.24, 2.45) is 0 Å². The van der Waals surface area contributed by atoms with Crippen LogP contribution in [0.5, 0.6) is 0 Å². The van der Waals surface area contributed by atoms with E-state index in [9.17, 15) is 12.8 Å². The van der Waals surface area contributed by atoms with Crippen LogP contribution in [0.3, 0.4) is 0 Å². The fraction of sp³-hybridized carbons (Fsp3) is 0.600. The van der Waals surface area contributed by atoms with Crippen LogP contribution in [0.15, 0.2) is 29.2 Å². The van der Waals surface area contributed by atoms with Crippen LogP contribution in [0.4, 0.5) is 4.39 Å². The normalized spacial score (nSPS) is 30.0. The molecule has 2 aliphatic rings. The molecule has 0 unspecified atom stereocenters. The first-order valence-electron chi connectivity index (χ1n) is 7.45. The van der Waals surface area contributed by atoms with Crippen LogP contribution in [0.2, 0.25) is 0 Å². The van der Waals surface area contributed by atoms with Crippen molar-refractivity contribution < 1.29 is 22.3 Å². The third kappa shape index (κ3) is 2.78. The molecule has 0 radical (unpaired) electrons.